The molecule has 28 heavy (non-hydrogen) atoms. The lowest BCUT2D eigenvalue weighted by molar-refractivity contribution is 0.123. The zero-order chi connectivity index (χ0) is 20.9. The van der Waals surface area contributed by atoms with Gasteiger partial charge in [-0.2, -0.15) is 5.26 Å². The van der Waals surface area contributed by atoms with E-state index in [0.29, 0.717) is 6.42 Å². The molecule has 1 atom stereocenters. The molecule has 1 N–H and O–H groups in total. The Balaban J connectivity index is 2.65. The summed E-state index contributed by atoms with van der Waals surface area (Å²) in [5.74, 6) is 0. The molecule has 1 aromatic carbocycles. The highest BCUT2D eigenvalue weighted by atomic mass is 28.3. The van der Waals surface area contributed by atoms with Crippen LogP contribution in [-0.2, 0) is 6.42 Å². The quantitative estimate of drug-likeness (QED) is 0.204. The van der Waals surface area contributed by atoms with Crippen molar-refractivity contribution in [2.24, 2.45) is 0 Å². The molecule has 0 aliphatic rings. The standard InChI is InChI=1S/C25H41NOSi/c1-5-6-7-8-9-10-11-15-18-24(21-28(2,3)4)25(27,22-26)20-19-23-16-13-12-14-17-23/h12-14,16-17,21,27H,5-11,15,18-20H2,1-4H3/b24-21+. The van der Waals surface area contributed by atoms with Crippen molar-refractivity contribution < 1.29 is 5.11 Å². The smallest absolute Gasteiger partial charge is 0.172 e. The van der Waals surface area contributed by atoms with Gasteiger partial charge in [-0.3, -0.25) is 0 Å². The lowest BCUT2D eigenvalue weighted by atomic mass is 9.86. The van der Waals surface area contributed by atoms with Crippen LogP contribution in [0.2, 0.25) is 19.6 Å². The second-order valence-corrected chi connectivity index (χ2v) is 14.2. The van der Waals surface area contributed by atoms with E-state index in [-0.39, 0.29) is 0 Å². The van der Waals surface area contributed by atoms with E-state index in [2.05, 4.69) is 50.5 Å². The highest BCUT2D eigenvalue weighted by Crippen LogP contribution is 2.29. The van der Waals surface area contributed by atoms with E-state index in [4.69, 9.17) is 0 Å². The average molecular weight is 400 g/mol. The fourth-order valence-electron chi connectivity index (χ4n) is 3.63. The van der Waals surface area contributed by atoms with E-state index in [9.17, 15) is 10.4 Å². The van der Waals surface area contributed by atoms with Crippen molar-refractivity contribution in [3.63, 3.8) is 0 Å². The number of hydrogen-bond acceptors (Lipinski definition) is 2. The Kier molecular flexibility index (Phi) is 11.4. The summed E-state index contributed by atoms with van der Waals surface area (Å²) in [5, 5.41) is 21.0. The van der Waals surface area contributed by atoms with Crippen LogP contribution in [0.1, 0.15) is 76.7 Å². The molecule has 0 fully saturated rings. The van der Waals surface area contributed by atoms with Crippen LogP contribution < -0.4 is 0 Å². The van der Waals surface area contributed by atoms with Crippen molar-refractivity contribution >= 4 is 8.07 Å². The first-order valence-corrected chi connectivity index (χ1v) is 14.8. The van der Waals surface area contributed by atoms with Gasteiger partial charge in [0.15, 0.2) is 5.60 Å². The van der Waals surface area contributed by atoms with E-state index in [0.717, 1.165) is 24.8 Å². The first kappa shape index (κ1) is 24.7. The molecule has 0 radical (unpaired) electrons. The number of nitrogens with zero attached hydrogens (tertiary/aromatic N) is 1. The van der Waals surface area contributed by atoms with Crippen LogP contribution in [0.25, 0.3) is 0 Å². The van der Waals surface area contributed by atoms with Gasteiger partial charge in [0.1, 0.15) is 6.07 Å². The first-order chi connectivity index (χ1) is 13.3. The minimum Gasteiger partial charge on any atom is -0.372 e. The van der Waals surface area contributed by atoms with Crippen molar-refractivity contribution in [1.82, 2.24) is 0 Å². The Bertz CT molecular complexity index is 612. The lowest BCUT2D eigenvalue weighted by Crippen LogP contribution is -2.33. The zero-order valence-electron chi connectivity index (χ0n) is 18.6. The predicted octanol–water partition coefficient (Wildman–Crippen LogP) is 7.21. The number of unbranched alkanes of at least 4 members (excludes halogenated alkanes) is 7. The van der Waals surface area contributed by atoms with Gasteiger partial charge in [-0.25, -0.2) is 0 Å². The van der Waals surface area contributed by atoms with Gasteiger partial charge in [-0.1, -0.05) is 108 Å². The summed E-state index contributed by atoms with van der Waals surface area (Å²) >= 11 is 0. The van der Waals surface area contributed by atoms with Crippen molar-refractivity contribution in [3.05, 3.63) is 47.2 Å². The number of aryl methyl sites for hydroxylation is 1. The zero-order valence-corrected chi connectivity index (χ0v) is 19.6. The average Bonchev–Trinajstić information content (AvgIpc) is 2.67. The fraction of sp³-hybridized carbons (Fsp3) is 0.640. The van der Waals surface area contributed by atoms with Crippen molar-refractivity contribution in [2.45, 2.75) is 103 Å². The van der Waals surface area contributed by atoms with Crippen LogP contribution >= 0.6 is 0 Å². The summed E-state index contributed by atoms with van der Waals surface area (Å²) in [6.45, 7) is 9.07. The number of aliphatic hydroxyl groups is 1. The van der Waals surface area contributed by atoms with Crippen LogP contribution in [0.5, 0.6) is 0 Å². The Morgan fingerprint density at radius 1 is 1.00 bits per heavy atom. The summed E-state index contributed by atoms with van der Waals surface area (Å²) in [6.07, 6.45) is 12.2. The molecular weight excluding hydrogens is 358 g/mol. The molecule has 1 unspecified atom stereocenters. The van der Waals surface area contributed by atoms with Crippen LogP contribution in [0.4, 0.5) is 0 Å². The molecule has 156 valence electrons. The molecule has 0 aliphatic carbocycles. The van der Waals surface area contributed by atoms with Gasteiger partial charge in [0.25, 0.3) is 0 Å². The maximum Gasteiger partial charge on any atom is 0.172 e. The SMILES string of the molecule is CCCCCCCCCC/C(=C\[Si](C)(C)C)C(O)(C#N)CCc1ccccc1. The number of hydrogen-bond donors (Lipinski definition) is 1. The Labute approximate surface area is 174 Å². The Morgan fingerprint density at radius 2 is 1.57 bits per heavy atom. The Hall–Kier alpha value is -1.37. The van der Waals surface area contributed by atoms with Gasteiger partial charge < -0.3 is 5.11 Å². The molecular formula is C25H41NOSi. The highest BCUT2D eigenvalue weighted by molar-refractivity contribution is 6.81. The van der Waals surface area contributed by atoms with Crippen LogP contribution in [0.3, 0.4) is 0 Å². The largest absolute Gasteiger partial charge is 0.372 e. The van der Waals surface area contributed by atoms with Gasteiger partial charge in [0.05, 0.1) is 8.07 Å². The maximum absolute atomic E-state index is 11.2. The summed E-state index contributed by atoms with van der Waals surface area (Å²) in [4.78, 5) is 0. The van der Waals surface area contributed by atoms with E-state index >= 15 is 0 Å². The van der Waals surface area contributed by atoms with Gasteiger partial charge in [-0.05, 0) is 36.8 Å². The van der Waals surface area contributed by atoms with E-state index in [1.54, 1.807) is 0 Å². The van der Waals surface area contributed by atoms with Crippen molar-refractivity contribution in [3.8, 4) is 6.07 Å². The second-order valence-electron chi connectivity index (χ2n) is 9.22. The molecule has 0 saturated heterocycles. The number of nitriles is 1. The van der Waals surface area contributed by atoms with Gasteiger partial charge in [0.2, 0.25) is 0 Å². The first-order valence-electron chi connectivity index (χ1n) is 11.2. The lowest BCUT2D eigenvalue weighted by Gasteiger charge is -2.27. The third-order valence-electron chi connectivity index (χ3n) is 5.24. The molecule has 3 heteroatoms. The normalized spacial score (nSPS) is 14.5. The number of benzene rings is 1. The summed E-state index contributed by atoms with van der Waals surface area (Å²) in [7, 11) is -1.52. The predicted molar refractivity (Wildman–Crippen MR) is 124 cm³/mol. The summed E-state index contributed by atoms with van der Waals surface area (Å²) in [6, 6.07) is 12.4. The van der Waals surface area contributed by atoms with Gasteiger partial charge in [-0.15, -0.1) is 0 Å². The number of rotatable bonds is 14. The fourth-order valence-corrected chi connectivity index (χ4v) is 5.06. The van der Waals surface area contributed by atoms with Crippen molar-refractivity contribution in [1.29, 1.82) is 5.26 Å². The molecule has 2 nitrogen and oxygen atoms in total. The van der Waals surface area contributed by atoms with E-state index < -0.39 is 13.7 Å². The maximum atomic E-state index is 11.2. The molecule has 0 amide bonds. The van der Waals surface area contributed by atoms with Gasteiger partial charge in [0, 0.05) is 0 Å². The molecule has 0 heterocycles. The molecule has 0 bridgehead atoms. The summed E-state index contributed by atoms with van der Waals surface area (Å²) in [5.41, 5.74) is 3.08. The summed E-state index contributed by atoms with van der Waals surface area (Å²) < 4.78 is 0. The molecule has 0 spiro atoms. The monoisotopic (exact) mass is 399 g/mol. The Morgan fingerprint density at radius 3 is 2.11 bits per heavy atom. The third kappa shape index (κ3) is 10.2. The second kappa shape index (κ2) is 13.0. The topological polar surface area (TPSA) is 44.0 Å². The minimum absolute atomic E-state index is 0.473. The van der Waals surface area contributed by atoms with E-state index in [1.165, 1.54) is 50.5 Å². The minimum atomic E-state index is -1.52. The van der Waals surface area contributed by atoms with Crippen LogP contribution in [0.15, 0.2) is 41.6 Å². The van der Waals surface area contributed by atoms with Gasteiger partial charge >= 0.3 is 0 Å². The molecule has 1 rings (SSSR count). The molecule has 1 aromatic rings. The molecule has 0 saturated carbocycles. The van der Waals surface area contributed by atoms with Crippen molar-refractivity contribution in [2.75, 3.05) is 0 Å². The van der Waals surface area contributed by atoms with E-state index in [1.807, 2.05) is 18.2 Å². The van der Waals surface area contributed by atoms with Crippen LogP contribution in [0, 0.1) is 11.3 Å². The molecule has 0 aromatic heterocycles. The molecule has 0 aliphatic heterocycles. The van der Waals surface area contributed by atoms with Crippen LogP contribution in [-0.4, -0.2) is 18.8 Å². The third-order valence-corrected chi connectivity index (χ3v) is 6.46. The highest BCUT2D eigenvalue weighted by Gasteiger charge is 2.32.